The van der Waals surface area contributed by atoms with Crippen LogP contribution in [0, 0.1) is 5.82 Å². The highest BCUT2D eigenvalue weighted by atomic mass is 79.9. The Morgan fingerprint density at radius 2 is 2.07 bits per heavy atom. The molecule has 0 bridgehead atoms. The van der Waals surface area contributed by atoms with Crippen molar-refractivity contribution in [1.29, 1.82) is 0 Å². The summed E-state index contributed by atoms with van der Waals surface area (Å²) < 4.78 is 56.3. The summed E-state index contributed by atoms with van der Waals surface area (Å²) in [5.74, 6) is -2.86. The molecule has 0 aromatic heterocycles. The van der Waals surface area contributed by atoms with Crippen LogP contribution in [0.1, 0.15) is 25.3 Å². The summed E-state index contributed by atoms with van der Waals surface area (Å²) in [5.41, 5.74) is 0.226. The van der Waals surface area contributed by atoms with E-state index < -0.39 is 38.4 Å². The van der Waals surface area contributed by atoms with Gasteiger partial charge in [0.25, 0.3) is 0 Å². The Balaban J connectivity index is 1.96. The zero-order chi connectivity index (χ0) is 20.5. The minimum Gasteiger partial charge on any atom is -0.463 e. The lowest BCUT2D eigenvalue weighted by molar-refractivity contribution is -0.143. The lowest BCUT2D eigenvalue weighted by atomic mass is 9.94. The molecule has 1 saturated heterocycles. The van der Waals surface area contributed by atoms with Gasteiger partial charge in [-0.3, -0.25) is 0 Å². The zero-order valence-electron chi connectivity index (χ0n) is 15.0. The molecule has 28 heavy (non-hydrogen) atoms. The molecule has 1 atom stereocenters. The lowest BCUT2D eigenvalue weighted by Gasteiger charge is -2.33. The van der Waals surface area contributed by atoms with Gasteiger partial charge in [0.15, 0.2) is 15.6 Å². The number of carbonyl (C=O) groups excluding carboxylic acids is 1. The molecule has 0 N–H and O–H groups in total. The van der Waals surface area contributed by atoms with E-state index in [1.807, 2.05) is 0 Å². The molecule has 1 spiro atoms. The first-order chi connectivity index (χ1) is 13.2. The Labute approximate surface area is 176 Å². The highest BCUT2D eigenvalue weighted by molar-refractivity contribution is 9.10. The van der Waals surface area contributed by atoms with E-state index in [9.17, 15) is 17.6 Å². The molecule has 0 amide bonds. The average molecular weight is 498 g/mol. The first kappa shape index (κ1) is 21.7. The number of sulfone groups is 1. The number of esters is 1. The summed E-state index contributed by atoms with van der Waals surface area (Å²) >= 11 is 9.20. The van der Waals surface area contributed by atoms with Gasteiger partial charge in [-0.05, 0) is 31.6 Å². The molecule has 1 aromatic carbocycles. The summed E-state index contributed by atoms with van der Waals surface area (Å²) in [6.07, 6.45) is 1.84. The molecule has 1 aromatic rings. The SMILES string of the molecule is CCOC(=O)C1=CC2(CCC1S(=O)(=O)Cc1c(Cl)cc(F)cc1Br)OCCO2. The highest BCUT2D eigenvalue weighted by Crippen LogP contribution is 2.39. The minimum atomic E-state index is -3.87. The molecule has 0 radical (unpaired) electrons. The molecule has 2 aliphatic rings. The predicted octanol–water partition coefficient (Wildman–Crippen LogP) is 3.55. The van der Waals surface area contributed by atoms with Crippen molar-refractivity contribution in [1.82, 2.24) is 0 Å². The van der Waals surface area contributed by atoms with Crippen LogP contribution in [0.5, 0.6) is 0 Å². The van der Waals surface area contributed by atoms with Crippen molar-refractivity contribution >= 4 is 43.3 Å². The maximum atomic E-state index is 13.5. The van der Waals surface area contributed by atoms with Crippen molar-refractivity contribution in [2.45, 2.75) is 36.6 Å². The standard InChI is InChI=1S/C18H19BrClFO6S/c1-2-25-17(22)12-9-18(26-5-6-27-18)4-3-16(12)28(23,24)10-13-14(19)7-11(21)8-15(13)20/h7-9,16H,2-6,10H2,1H3. The van der Waals surface area contributed by atoms with E-state index in [-0.39, 0.29) is 40.1 Å². The van der Waals surface area contributed by atoms with Crippen LogP contribution in [0.15, 0.2) is 28.3 Å². The number of rotatable bonds is 5. The second-order valence-corrected chi connectivity index (χ2v) is 9.96. The van der Waals surface area contributed by atoms with Gasteiger partial charge in [-0.15, -0.1) is 0 Å². The Morgan fingerprint density at radius 3 is 2.68 bits per heavy atom. The van der Waals surface area contributed by atoms with Gasteiger partial charge in [0.1, 0.15) is 5.82 Å². The van der Waals surface area contributed by atoms with Gasteiger partial charge in [0.2, 0.25) is 0 Å². The fourth-order valence-corrected chi connectivity index (χ4v) is 6.54. The van der Waals surface area contributed by atoms with E-state index in [0.29, 0.717) is 13.2 Å². The highest BCUT2D eigenvalue weighted by Gasteiger charge is 2.46. The van der Waals surface area contributed by atoms with Gasteiger partial charge in [-0.2, -0.15) is 0 Å². The number of carbonyl (C=O) groups is 1. The molecule has 1 aliphatic carbocycles. The minimum absolute atomic E-state index is 0.00754. The van der Waals surface area contributed by atoms with E-state index in [4.69, 9.17) is 25.8 Å². The summed E-state index contributed by atoms with van der Waals surface area (Å²) in [4.78, 5) is 12.5. The summed E-state index contributed by atoms with van der Waals surface area (Å²) in [6, 6.07) is 2.20. The van der Waals surface area contributed by atoms with Crippen LogP contribution in [0.3, 0.4) is 0 Å². The summed E-state index contributed by atoms with van der Waals surface area (Å²) in [7, 11) is -3.87. The van der Waals surface area contributed by atoms with Gasteiger partial charge in [0.05, 0.1) is 36.4 Å². The van der Waals surface area contributed by atoms with E-state index in [2.05, 4.69) is 15.9 Å². The van der Waals surface area contributed by atoms with E-state index in [1.165, 1.54) is 6.08 Å². The van der Waals surface area contributed by atoms with Crippen molar-refractivity contribution < 1.29 is 31.8 Å². The molecule has 1 fully saturated rings. The zero-order valence-corrected chi connectivity index (χ0v) is 18.2. The molecular formula is C18H19BrClFO6S. The van der Waals surface area contributed by atoms with Crippen LogP contribution in [0.2, 0.25) is 5.02 Å². The van der Waals surface area contributed by atoms with E-state index >= 15 is 0 Å². The van der Waals surface area contributed by atoms with Gasteiger partial charge in [-0.1, -0.05) is 27.5 Å². The first-order valence-electron chi connectivity index (χ1n) is 8.70. The molecule has 154 valence electrons. The van der Waals surface area contributed by atoms with Crippen molar-refractivity contribution in [3.63, 3.8) is 0 Å². The Bertz CT molecular complexity index is 888. The Morgan fingerprint density at radius 1 is 1.39 bits per heavy atom. The molecule has 6 nitrogen and oxygen atoms in total. The fourth-order valence-electron chi connectivity index (χ4n) is 3.38. The fraction of sp³-hybridized carbons (Fsp3) is 0.500. The molecule has 3 rings (SSSR count). The smallest absolute Gasteiger partial charge is 0.335 e. The molecular weight excluding hydrogens is 479 g/mol. The number of ether oxygens (including phenoxy) is 3. The number of hydrogen-bond donors (Lipinski definition) is 0. The predicted molar refractivity (Wildman–Crippen MR) is 104 cm³/mol. The van der Waals surface area contributed by atoms with Gasteiger partial charge in [-0.25, -0.2) is 17.6 Å². The van der Waals surface area contributed by atoms with E-state index in [0.717, 1.165) is 12.1 Å². The third-order valence-electron chi connectivity index (χ3n) is 4.65. The summed E-state index contributed by atoms with van der Waals surface area (Å²) in [6.45, 7) is 2.47. The second kappa shape index (κ2) is 8.39. The molecule has 10 heteroatoms. The first-order valence-corrected chi connectivity index (χ1v) is 11.6. The Hall–Kier alpha value is -1.00. The topological polar surface area (TPSA) is 78.9 Å². The van der Waals surface area contributed by atoms with Crippen molar-refractivity contribution in [2.24, 2.45) is 0 Å². The normalized spacial score (nSPS) is 21.6. The third-order valence-corrected chi connectivity index (χ3v) is 7.74. The maximum Gasteiger partial charge on any atom is 0.335 e. The lowest BCUT2D eigenvalue weighted by Crippen LogP contribution is -2.41. The van der Waals surface area contributed by atoms with Crippen LogP contribution in [0.4, 0.5) is 4.39 Å². The van der Waals surface area contributed by atoms with Gasteiger partial charge < -0.3 is 14.2 Å². The molecule has 1 aliphatic heterocycles. The van der Waals surface area contributed by atoms with Crippen molar-refractivity contribution in [3.05, 3.63) is 44.7 Å². The van der Waals surface area contributed by atoms with Crippen LogP contribution >= 0.6 is 27.5 Å². The Kier molecular flexibility index (Phi) is 6.51. The van der Waals surface area contributed by atoms with Gasteiger partial charge >= 0.3 is 5.97 Å². The largest absolute Gasteiger partial charge is 0.463 e. The van der Waals surface area contributed by atoms with Crippen LogP contribution in [-0.2, 0) is 34.6 Å². The summed E-state index contributed by atoms with van der Waals surface area (Å²) in [5, 5.41) is -1.11. The van der Waals surface area contributed by atoms with Crippen LogP contribution in [0.25, 0.3) is 0 Å². The van der Waals surface area contributed by atoms with Crippen molar-refractivity contribution in [3.8, 4) is 0 Å². The molecule has 1 unspecified atom stereocenters. The number of hydrogen-bond acceptors (Lipinski definition) is 6. The van der Waals surface area contributed by atoms with Crippen LogP contribution in [-0.4, -0.2) is 45.2 Å². The molecule has 1 heterocycles. The average Bonchev–Trinajstić information content (AvgIpc) is 3.06. The maximum absolute atomic E-state index is 13.5. The third kappa shape index (κ3) is 4.43. The monoisotopic (exact) mass is 496 g/mol. The molecule has 0 saturated carbocycles. The quantitative estimate of drug-likeness (QED) is 0.579. The number of benzene rings is 1. The van der Waals surface area contributed by atoms with Gasteiger partial charge in [0, 0.05) is 21.5 Å². The second-order valence-electron chi connectivity index (χ2n) is 6.51. The number of halogens is 3. The van der Waals surface area contributed by atoms with Crippen molar-refractivity contribution in [2.75, 3.05) is 19.8 Å². The van der Waals surface area contributed by atoms with E-state index in [1.54, 1.807) is 6.92 Å². The van der Waals surface area contributed by atoms with Crippen LogP contribution < -0.4 is 0 Å².